The predicted molar refractivity (Wildman–Crippen MR) is 36.1 cm³/mol. The first kappa shape index (κ1) is 10.6. The minimum Gasteiger partial charge on any atom is -0.324 e. The second-order valence-corrected chi connectivity index (χ2v) is 3.83. The summed E-state index contributed by atoms with van der Waals surface area (Å²) in [7, 11) is -3.02. The molecule has 0 atom stereocenters. The van der Waals surface area contributed by atoms with Gasteiger partial charge in [0.1, 0.15) is 0 Å². The SMILES string of the molecule is CN(O)C(=O)CCP(=O)(O)O. The van der Waals surface area contributed by atoms with Gasteiger partial charge in [0.15, 0.2) is 0 Å². The Balaban J connectivity index is 3.73. The van der Waals surface area contributed by atoms with Gasteiger partial charge in [0.2, 0.25) is 5.91 Å². The maximum Gasteiger partial charge on any atom is 0.326 e. The second kappa shape index (κ2) is 3.82. The Kier molecular flexibility index (Phi) is 3.68. The van der Waals surface area contributed by atoms with Gasteiger partial charge in [-0.2, -0.15) is 0 Å². The van der Waals surface area contributed by atoms with E-state index in [0.29, 0.717) is 5.06 Å². The van der Waals surface area contributed by atoms with E-state index in [-0.39, 0.29) is 6.42 Å². The summed E-state index contributed by atoms with van der Waals surface area (Å²) in [6, 6.07) is 0. The van der Waals surface area contributed by atoms with Gasteiger partial charge in [-0.05, 0) is 0 Å². The van der Waals surface area contributed by atoms with Crippen molar-refractivity contribution in [3.8, 4) is 0 Å². The van der Waals surface area contributed by atoms with Gasteiger partial charge in [-0.15, -0.1) is 0 Å². The highest BCUT2D eigenvalue weighted by Crippen LogP contribution is 2.34. The summed E-state index contributed by atoms with van der Waals surface area (Å²) in [5, 5.41) is 8.75. The standard InChI is InChI=1S/C4H10NO5P/c1-5(7)4(6)2-3-11(8,9)10/h7H,2-3H2,1H3,(H2,8,9,10). The summed E-state index contributed by atoms with van der Waals surface area (Å²) in [6.07, 6.45) is -0.881. The van der Waals surface area contributed by atoms with Crippen molar-refractivity contribution in [1.29, 1.82) is 0 Å². The monoisotopic (exact) mass is 183 g/mol. The van der Waals surface area contributed by atoms with Crippen molar-refractivity contribution < 1.29 is 24.4 Å². The smallest absolute Gasteiger partial charge is 0.324 e. The molecule has 0 aromatic heterocycles. The van der Waals surface area contributed by atoms with Crippen LogP contribution in [0.25, 0.3) is 0 Å². The van der Waals surface area contributed by atoms with Crippen molar-refractivity contribution in [3.05, 3.63) is 0 Å². The molecule has 0 aliphatic carbocycles. The average Bonchev–Trinajstić information content (AvgIpc) is 1.80. The molecule has 0 saturated carbocycles. The van der Waals surface area contributed by atoms with Crippen LogP contribution < -0.4 is 0 Å². The average molecular weight is 183 g/mol. The van der Waals surface area contributed by atoms with Gasteiger partial charge < -0.3 is 9.79 Å². The van der Waals surface area contributed by atoms with E-state index in [1.54, 1.807) is 0 Å². The Hall–Kier alpha value is -0.420. The molecule has 0 heterocycles. The number of hydroxylamine groups is 2. The lowest BCUT2D eigenvalue weighted by Gasteiger charge is -2.07. The molecule has 11 heavy (non-hydrogen) atoms. The van der Waals surface area contributed by atoms with Gasteiger partial charge in [-0.3, -0.25) is 14.6 Å². The fourth-order valence-corrected chi connectivity index (χ4v) is 0.886. The highest BCUT2D eigenvalue weighted by atomic mass is 31.2. The Labute approximate surface area is 63.6 Å². The normalized spacial score (nSPS) is 11.3. The van der Waals surface area contributed by atoms with E-state index in [0.717, 1.165) is 7.05 Å². The highest BCUT2D eigenvalue weighted by Gasteiger charge is 2.16. The molecular formula is C4H10NO5P. The van der Waals surface area contributed by atoms with Crippen LogP contribution in [0.4, 0.5) is 0 Å². The first-order valence-electron chi connectivity index (χ1n) is 2.83. The zero-order chi connectivity index (χ0) is 9.07. The zero-order valence-electron chi connectivity index (χ0n) is 5.97. The molecule has 0 aromatic carbocycles. The van der Waals surface area contributed by atoms with Gasteiger partial charge in [0.25, 0.3) is 0 Å². The summed E-state index contributed by atoms with van der Waals surface area (Å²) in [4.78, 5) is 27.1. The van der Waals surface area contributed by atoms with Crippen molar-refractivity contribution in [1.82, 2.24) is 5.06 Å². The highest BCUT2D eigenvalue weighted by molar-refractivity contribution is 7.51. The molecule has 0 radical (unpaired) electrons. The maximum absolute atomic E-state index is 10.5. The Morgan fingerprint density at radius 2 is 2.00 bits per heavy atom. The molecule has 0 aliphatic heterocycles. The third-order valence-corrected chi connectivity index (χ3v) is 1.78. The third kappa shape index (κ3) is 6.00. The van der Waals surface area contributed by atoms with Crippen LogP contribution in [0, 0.1) is 0 Å². The molecule has 1 amide bonds. The number of nitrogens with zero attached hydrogens (tertiary/aromatic N) is 1. The van der Waals surface area contributed by atoms with Crippen molar-refractivity contribution in [2.24, 2.45) is 0 Å². The van der Waals surface area contributed by atoms with Crippen LogP contribution in [0.3, 0.4) is 0 Å². The molecular weight excluding hydrogens is 173 g/mol. The molecule has 7 heteroatoms. The number of hydrogen-bond acceptors (Lipinski definition) is 3. The fraction of sp³-hybridized carbons (Fsp3) is 0.750. The van der Waals surface area contributed by atoms with Crippen LogP contribution >= 0.6 is 7.60 Å². The number of carbonyl (C=O) groups excluding carboxylic acids is 1. The molecule has 0 aromatic rings. The molecule has 66 valence electrons. The molecule has 3 N–H and O–H groups in total. The predicted octanol–water partition coefficient (Wildman–Crippen LogP) is -0.598. The number of hydrogen-bond donors (Lipinski definition) is 3. The van der Waals surface area contributed by atoms with Crippen LogP contribution in [0.2, 0.25) is 0 Å². The minimum absolute atomic E-state index is 0.301. The Bertz CT molecular complexity index is 185. The first-order valence-corrected chi connectivity index (χ1v) is 4.62. The summed E-state index contributed by atoms with van der Waals surface area (Å²) in [5.41, 5.74) is 0. The van der Waals surface area contributed by atoms with E-state index in [2.05, 4.69) is 0 Å². The summed E-state index contributed by atoms with van der Waals surface area (Å²) in [5.74, 6) is -0.715. The lowest BCUT2D eigenvalue weighted by molar-refractivity contribution is -0.158. The topological polar surface area (TPSA) is 98.1 Å². The summed E-state index contributed by atoms with van der Waals surface area (Å²) >= 11 is 0. The van der Waals surface area contributed by atoms with Gasteiger partial charge in [-0.25, -0.2) is 5.06 Å². The molecule has 0 saturated heterocycles. The first-order chi connectivity index (χ1) is 4.83. The summed E-state index contributed by atoms with van der Waals surface area (Å²) < 4.78 is 10.2. The van der Waals surface area contributed by atoms with Crippen LogP contribution in [0.1, 0.15) is 6.42 Å². The Morgan fingerprint density at radius 3 is 2.27 bits per heavy atom. The minimum atomic E-state index is -4.12. The van der Waals surface area contributed by atoms with Crippen molar-refractivity contribution >= 4 is 13.5 Å². The van der Waals surface area contributed by atoms with Crippen LogP contribution in [-0.4, -0.2) is 39.2 Å². The van der Waals surface area contributed by atoms with Gasteiger partial charge in [0, 0.05) is 13.5 Å². The van der Waals surface area contributed by atoms with E-state index in [1.165, 1.54) is 0 Å². The Morgan fingerprint density at radius 1 is 1.55 bits per heavy atom. The number of carbonyl (C=O) groups is 1. The second-order valence-electron chi connectivity index (χ2n) is 2.06. The quantitative estimate of drug-likeness (QED) is 0.308. The van der Waals surface area contributed by atoms with Crippen LogP contribution in [0.5, 0.6) is 0 Å². The number of rotatable bonds is 3. The van der Waals surface area contributed by atoms with Gasteiger partial charge in [-0.1, -0.05) is 0 Å². The van der Waals surface area contributed by atoms with E-state index in [1.807, 2.05) is 0 Å². The van der Waals surface area contributed by atoms with Crippen molar-refractivity contribution in [2.75, 3.05) is 13.2 Å². The van der Waals surface area contributed by atoms with Gasteiger partial charge >= 0.3 is 7.60 Å². The lowest BCUT2D eigenvalue weighted by Crippen LogP contribution is -2.22. The third-order valence-electron chi connectivity index (χ3n) is 0.978. The molecule has 0 spiro atoms. The van der Waals surface area contributed by atoms with Crippen molar-refractivity contribution in [2.45, 2.75) is 6.42 Å². The number of amides is 1. The molecule has 6 nitrogen and oxygen atoms in total. The maximum atomic E-state index is 10.5. The fourth-order valence-electron chi connectivity index (χ4n) is 0.403. The molecule has 0 rings (SSSR count). The van der Waals surface area contributed by atoms with Gasteiger partial charge in [0.05, 0.1) is 6.16 Å². The molecule has 0 bridgehead atoms. The van der Waals surface area contributed by atoms with Crippen LogP contribution in [-0.2, 0) is 9.36 Å². The van der Waals surface area contributed by atoms with E-state index in [9.17, 15) is 9.36 Å². The van der Waals surface area contributed by atoms with E-state index >= 15 is 0 Å². The molecule has 0 aliphatic rings. The summed E-state index contributed by atoms with van der Waals surface area (Å²) in [6.45, 7) is 0. The van der Waals surface area contributed by atoms with E-state index in [4.69, 9.17) is 15.0 Å². The molecule has 0 unspecified atom stereocenters. The largest absolute Gasteiger partial charge is 0.326 e. The van der Waals surface area contributed by atoms with E-state index < -0.39 is 19.7 Å². The van der Waals surface area contributed by atoms with Crippen LogP contribution in [0.15, 0.2) is 0 Å². The lowest BCUT2D eigenvalue weighted by atomic mass is 10.4. The molecule has 0 fully saturated rings. The van der Waals surface area contributed by atoms with Crippen molar-refractivity contribution in [3.63, 3.8) is 0 Å². The zero-order valence-corrected chi connectivity index (χ0v) is 6.86.